The lowest BCUT2D eigenvalue weighted by atomic mass is 9.93. The summed E-state index contributed by atoms with van der Waals surface area (Å²) in [5.74, 6) is 0.352. The Labute approximate surface area is 233 Å². The van der Waals surface area contributed by atoms with Crippen LogP contribution in [0.4, 0.5) is 0 Å². The van der Waals surface area contributed by atoms with E-state index < -0.39 is 51.1 Å². The largest absolute Gasteiger partial charge is 0.497 e. The highest BCUT2D eigenvalue weighted by Crippen LogP contribution is 2.38. The average molecular weight is 559 g/mol. The van der Waals surface area contributed by atoms with Crippen LogP contribution in [0, 0.1) is 0 Å². The molecule has 2 aliphatic heterocycles. The Balaban J connectivity index is 1.60. The minimum Gasteiger partial charge on any atom is -0.497 e. The molecule has 9 heteroatoms. The van der Waals surface area contributed by atoms with Crippen molar-refractivity contribution < 1.29 is 37.6 Å². The number of benzene rings is 2. The smallest absolute Gasteiger partial charge is 0.303 e. The molecule has 0 unspecified atom stereocenters. The van der Waals surface area contributed by atoms with Crippen molar-refractivity contribution >= 4 is 14.3 Å². The molecular weight excluding hydrogens is 516 g/mol. The number of fused-ring (bicyclic) bond motifs is 1. The normalized spacial score (nSPS) is 27.0. The maximum Gasteiger partial charge on any atom is 0.303 e. The van der Waals surface area contributed by atoms with Crippen LogP contribution in [0.25, 0.3) is 0 Å². The zero-order chi connectivity index (χ0) is 27.8. The molecule has 214 valence electrons. The molecule has 0 aromatic heterocycles. The second-order valence-electron chi connectivity index (χ2n) is 10.1. The molecule has 6 atom stereocenters. The SMILES string of the molecule is CC[Si](CC)(CC)OC[C@@H]1O[C@@H]2CO[C@@H](c3ccc(OC)cc3)O[C@H]2[C@H](OCc2ccccc2)[C@H]1OC(C)=O. The van der Waals surface area contributed by atoms with E-state index >= 15 is 0 Å². The number of esters is 1. The van der Waals surface area contributed by atoms with Gasteiger partial charge in [-0.2, -0.15) is 0 Å². The molecule has 39 heavy (non-hydrogen) atoms. The Morgan fingerprint density at radius 1 is 0.949 bits per heavy atom. The zero-order valence-corrected chi connectivity index (χ0v) is 24.7. The van der Waals surface area contributed by atoms with E-state index in [0.717, 1.165) is 35.0 Å². The number of carbonyl (C=O) groups is 1. The summed E-state index contributed by atoms with van der Waals surface area (Å²) in [6.45, 7) is 8.96. The molecule has 2 heterocycles. The molecule has 4 rings (SSSR count). The standard InChI is InChI=1S/C30H42O8Si/c1-6-39(7-2,8-3)35-20-26-27(36-21(4)31)29(33-18-22-12-10-9-11-13-22)28-25(37-26)19-34-30(38-28)23-14-16-24(32-5)17-15-23/h9-17,25-30H,6-8,18-20H2,1-5H3/t25-,26+,27+,28-,29-,30-/m1/s1. The first-order valence-corrected chi connectivity index (χ1v) is 16.5. The lowest BCUT2D eigenvalue weighted by molar-refractivity contribution is -0.337. The van der Waals surface area contributed by atoms with Gasteiger partial charge in [-0.3, -0.25) is 4.79 Å². The molecule has 0 aliphatic carbocycles. The molecule has 0 N–H and O–H groups in total. The van der Waals surface area contributed by atoms with Crippen LogP contribution in [0.2, 0.25) is 18.1 Å². The van der Waals surface area contributed by atoms with Crippen LogP contribution in [0.1, 0.15) is 45.1 Å². The molecule has 8 nitrogen and oxygen atoms in total. The monoisotopic (exact) mass is 558 g/mol. The van der Waals surface area contributed by atoms with Crippen LogP contribution in [-0.2, 0) is 39.5 Å². The van der Waals surface area contributed by atoms with Gasteiger partial charge in [0.25, 0.3) is 0 Å². The van der Waals surface area contributed by atoms with E-state index in [1.54, 1.807) is 7.11 Å². The predicted molar refractivity (Wildman–Crippen MR) is 149 cm³/mol. The number of methoxy groups -OCH3 is 1. The Hall–Kier alpha value is -2.27. The quantitative estimate of drug-likeness (QED) is 0.253. The summed E-state index contributed by atoms with van der Waals surface area (Å²) in [5, 5.41) is 0. The van der Waals surface area contributed by atoms with Crippen LogP contribution in [0.5, 0.6) is 5.75 Å². The lowest BCUT2D eigenvalue weighted by Crippen LogP contribution is -2.64. The van der Waals surface area contributed by atoms with E-state index in [-0.39, 0.29) is 0 Å². The molecule has 0 radical (unpaired) electrons. The summed E-state index contributed by atoms with van der Waals surface area (Å²) in [6, 6.07) is 20.5. The maximum absolute atomic E-state index is 12.3. The Bertz CT molecular complexity index is 1020. The second kappa shape index (κ2) is 13.9. The Morgan fingerprint density at radius 2 is 1.64 bits per heavy atom. The second-order valence-corrected chi connectivity index (χ2v) is 14.9. The number of hydrogen-bond acceptors (Lipinski definition) is 8. The van der Waals surface area contributed by atoms with Crippen molar-refractivity contribution in [1.82, 2.24) is 0 Å². The number of rotatable bonds is 12. The maximum atomic E-state index is 12.3. The van der Waals surface area contributed by atoms with E-state index in [9.17, 15) is 4.79 Å². The highest BCUT2D eigenvalue weighted by Gasteiger charge is 2.52. The number of ether oxygens (including phenoxy) is 6. The van der Waals surface area contributed by atoms with Gasteiger partial charge in [-0.15, -0.1) is 0 Å². The Kier molecular flexibility index (Phi) is 10.6. The fraction of sp³-hybridized carbons (Fsp3) is 0.567. The summed E-state index contributed by atoms with van der Waals surface area (Å²) >= 11 is 0. The van der Waals surface area contributed by atoms with Crippen molar-refractivity contribution in [3.63, 3.8) is 0 Å². The topological polar surface area (TPSA) is 81.7 Å². The van der Waals surface area contributed by atoms with Gasteiger partial charge in [0.1, 0.15) is 30.2 Å². The molecule has 0 bridgehead atoms. The van der Waals surface area contributed by atoms with Crippen molar-refractivity contribution in [2.24, 2.45) is 0 Å². The fourth-order valence-corrected chi connectivity index (χ4v) is 7.96. The van der Waals surface area contributed by atoms with Gasteiger partial charge in [0, 0.05) is 12.5 Å². The first-order valence-electron chi connectivity index (χ1n) is 13.9. The van der Waals surface area contributed by atoms with Gasteiger partial charge in [-0.25, -0.2) is 0 Å². The van der Waals surface area contributed by atoms with Crippen LogP contribution in [-0.4, -0.2) is 65.1 Å². The van der Waals surface area contributed by atoms with Crippen molar-refractivity contribution in [1.29, 1.82) is 0 Å². The van der Waals surface area contributed by atoms with E-state index in [1.807, 2.05) is 54.6 Å². The first-order chi connectivity index (χ1) is 18.9. The molecule has 2 aromatic rings. The number of hydrogen-bond donors (Lipinski definition) is 0. The molecule has 2 saturated heterocycles. The van der Waals surface area contributed by atoms with Gasteiger partial charge in [0.2, 0.25) is 0 Å². The third-order valence-electron chi connectivity index (χ3n) is 7.88. The van der Waals surface area contributed by atoms with Crippen LogP contribution < -0.4 is 4.74 Å². The van der Waals surface area contributed by atoms with Crippen LogP contribution in [0.3, 0.4) is 0 Å². The average Bonchev–Trinajstić information content (AvgIpc) is 2.98. The third-order valence-corrected chi connectivity index (χ3v) is 12.5. The molecule has 2 aromatic carbocycles. The fourth-order valence-electron chi connectivity index (χ4n) is 5.33. The van der Waals surface area contributed by atoms with Crippen molar-refractivity contribution in [3.05, 3.63) is 65.7 Å². The number of carbonyl (C=O) groups excluding carboxylic acids is 1. The molecule has 0 amide bonds. The van der Waals surface area contributed by atoms with E-state index in [0.29, 0.717) is 19.8 Å². The third kappa shape index (κ3) is 7.28. The van der Waals surface area contributed by atoms with Gasteiger partial charge in [0.05, 0.1) is 26.9 Å². The van der Waals surface area contributed by atoms with Crippen LogP contribution in [0.15, 0.2) is 54.6 Å². The molecule has 0 spiro atoms. The van der Waals surface area contributed by atoms with Crippen molar-refractivity contribution in [3.8, 4) is 5.75 Å². The minimum absolute atomic E-state index is 0.313. The summed E-state index contributed by atoms with van der Waals surface area (Å²) in [7, 11) is -0.275. The summed E-state index contributed by atoms with van der Waals surface area (Å²) in [5.41, 5.74) is 1.87. The van der Waals surface area contributed by atoms with Crippen molar-refractivity contribution in [2.75, 3.05) is 20.3 Å². The van der Waals surface area contributed by atoms with Gasteiger partial charge in [0.15, 0.2) is 20.7 Å². The van der Waals surface area contributed by atoms with Gasteiger partial charge >= 0.3 is 5.97 Å². The molecule has 0 saturated carbocycles. The van der Waals surface area contributed by atoms with E-state index in [2.05, 4.69) is 20.8 Å². The zero-order valence-electron chi connectivity index (χ0n) is 23.7. The highest BCUT2D eigenvalue weighted by molar-refractivity contribution is 6.73. The molecule has 2 fully saturated rings. The van der Waals surface area contributed by atoms with E-state index in [1.165, 1.54) is 6.92 Å². The van der Waals surface area contributed by atoms with E-state index in [4.69, 9.17) is 32.8 Å². The summed E-state index contributed by atoms with van der Waals surface area (Å²) < 4.78 is 43.4. The summed E-state index contributed by atoms with van der Waals surface area (Å²) in [4.78, 5) is 12.3. The highest BCUT2D eigenvalue weighted by atomic mass is 28.4. The van der Waals surface area contributed by atoms with Crippen molar-refractivity contribution in [2.45, 2.75) is 89.2 Å². The Morgan fingerprint density at radius 3 is 2.26 bits per heavy atom. The van der Waals surface area contributed by atoms with Gasteiger partial charge < -0.3 is 32.8 Å². The first kappa shape index (κ1) is 29.7. The lowest BCUT2D eigenvalue weighted by Gasteiger charge is -2.49. The molecule has 2 aliphatic rings. The van der Waals surface area contributed by atoms with Crippen LogP contribution >= 0.6 is 0 Å². The van der Waals surface area contributed by atoms with Gasteiger partial charge in [-0.05, 0) is 35.8 Å². The predicted octanol–water partition coefficient (Wildman–Crippen LogP) is 5.42. The minimum atomic E-state index is -1.90. The summed E-state index contributed by atoms with van der Waals surface area (Å²) in [6.07, 6.45) is -3.31. The van der Waals surface area contributed by atoms with Gasteiger partial charge in [-0.1, -0.05) is 63.2 Å². The molecular formula is C30H42O8Si.